The summed E-state index contributed by atoms with van der Waals surface area (Å²) < 4.78 is 5.77. The number of ether oxygens (including phenoxy) is 1. The first-order chi connectivity index (χ1) is 10.2. The van der Waals surface area contributed by atoms with Crippen LogP contribution in [-0.4, -0.2) is 19.1 Å². The van der Waals surface area contributed by atoms with Gasteiger partial charge in [0.1, 0.15) is 6.10 Å². The number of nitrogens with one attached hydrogen (secondary N) is 1. The van der Waals surface area contributed by atoms with Crippen molar-refractivity contribution in [3.05, 3.63) is 70.2 Å². The molecule has 0 aromatic heterocycles. The van der Waals surface area contributed by atoms with Crippen molar-refractivity contribution in [2.75, 3.05) is 13.2 Å². The second kappa shape index (κ2) is 6.29. The molecule has 2 aromatic carbocycles. The lowest BCUT2D eigenvalue weighted by molar-refractivity contribution is 0.0411. The Morgan fingerprint density at radius 3 is 2.76 bits per heavy atom. The second-order valence-electron chi connectivity index (χ2n) is 5.03. The van der Waals surface area contributed by atoms with Crippen molar-refractivity contribution >= 4 is 17.5 Å². The van der Waals surface area contributed by atoms with E-state index in [-0.39, 0.29) is 12.0 Å². The Morgan fingerprint density at radius 2 is 1.95 bits per heavy atom. The van der Waals surface area contributed by atoms with Crippen molar-refractivity contribution in [3.63, 3.8) is 0 Å². The fraction of sp³-hybridized carbons (Fsp3) is 0.235. The standard InChI is InChI=1S/C17H16ClNO2/c18-14-7-5-13(6-8-14)17(20)19-11-16-15-4-2-1-3-12(15)9-10-21-16/h1-8,16H,9-11H2,(H,19,20). The van der Waals surface area contributed by atoms with Gasteiger partial charge in [-0.15, -0.1) is 0 Å². The van der Waals surface area contributed by atoms with Crippen LogP contribution in [0.4, 0.5) is 0 Å². The van der Waals surface area contributed by atoms with Crippen molar-refractivity contribution in [1.82, 2.24) is 5.32 Å². The van der Waals surface area contributed by atoms with Crippen molar-refractivity contribution in [3.8, 4) is 0 Å². The SMILES string of the molecule is O=C(NCC1OCCc2ccccc21)c1ccc(Cl)cc1. The Balaban J connectivity index is 1.66. The summed E-state index contributed by atoms with van der Waals surface area (Å²) >= 11 is 5.82. The number of hydrogen-bond donors (Lipinski definition) is 1. The fourth-order valence-corrected chi connectivity index (χ4v) is 2.66. The summed E-state index contributed by atoms with van der Waals surface area (Å²) in [5, 5.41) is 3.54. The molecule has 1 aliphatic rings. The quantitative estimate of drug-likeness (QED) is 0.944. The van der Waals surface area contributed by atoms with Gasteiger partial charge < -0.3 is 10.1 Å². The average Bonchev–Trinajstić information content (AvgIpc) is 2.53. The first-order valence-electron chi connectivity index (χ1n) is 6.97. The van der Waals surface area contributed by atoms with E-state index in [2.05, 4.69) is 17.4 Å². The molecule has 1 aliphatic heterocycles. The average molecular weight is 302 g/mol. The van der Waals surface area contributed by atoms with E-state index in [1.54, 1.807) is 24.3 Å². The zero-order chi connectivity index (χ0) is 14.7. The molecule has 0 aliphatic carbocycles. The number of benzene rings is 2. The highest BCUT2D eigenvalue weighted by Crippen LogP contribution is 2.26. The number of amides is 1. The second-order valence-corrected chi connectivity index (χ2v) is 5.46. The molecule has 1 unspecified atom stereocenters. The molecule has 1 amide bonds. The van der Waals surface area contributed by atoms with Crippen LogP contribution in [0.15, 0.2) is 48.5 Å². The van der Waals surface area contributed by atoms with E-state index in [1.165, 1.54) is 11.1 Å². The van der Waals surface area contributed by atoms with E-state index in [0.29, 0.717) is 23.7 Å². The molecular formula is C17H16ClNO2. The van der Waals surface area contributed by atoms with E-state index >= 15 is 0 Å². The van der Waals surface area contributed by atoms with Crippen LogP contribution in [0, 0.1) is 0 Å². The van der Waals surface area contributed by atoms with Crippen LogP contribution in [0.1, 0.15) is 27.6 Å². The Kier molecular flexibility index (Phi) is 4.23. The first-order valence-corrected chi connectivity index (χ1v) is 7.35. The molecule has 0 radical (unpaired) electrons. The lowest BCUT2D eigenvalue weighted by atomic mass is 9.97. The maximum atomic E-state index is 12.1. The van der Waals surface area contributed by atoms with Crippen molar-refractivity contribution in [2.24, 2.45) is 0 Å². The van der Waals surface area contributed by atoms with Gasteiger partial charge in [-0.3, -0.25) is 4.79 Å². The highest BCUT2D eigenvalue weighted by atomic mass is 35.5. The predicted octanol–water partition coefficient (Wildman–Crippen LogP) is 3.38. The van der Waals surface area contributed by atoms with E-state index in [1.807, 2.05) is 12.1 Å². The van der Waals surface area contributed by atoms with E-state index in [9.17, 15) is 4.79 Å². The highest BCUT2D eigenvalue weighted by molar-refractivity contribution is 6.30. The molecule has 3 rings (SSSR count). The van der Waals surface area contributed by atoms with Gasteiger partial charge in [-0.1, -0.05) is 35.9 Å². The molecule has 1 N–H and O–H groups in total. The summed E-state index contributed by atoms with van der Waals surface area (Å²) in [6.45, 7) is 1.16. The highest BCUT2D eigenvalue weighted by Gasteiger charge is 2.21. The maximum absolute atomic E-state index is 12.1. The lowest BCUT2D eigenvalue weighted by Gasteiger charge is -2.26. The minimum absolute atomic E-state index is 0.0776. The molecule has 2 aromatic rings. The number of fused-ring (bicyclic) bond motifs is 1. The van der Waals surface area contributed by atoms with Crippen LogP contribution in [0.2, 0.25) is 5.02 Å². The van der Waals surface area contributed by atoms with Crippen LogP contribution >= 0.6 is 11.6 Å². The van der Waals surface area contributed by atoms with E-state index in [4.69, 9.17) is 16.3 Å². The summed E-state index contributed by atoms with van der Waals surface area (Å²) in [7, 11) is 0. The normalized spacial score (nSPS) is 17.1. The minimum Gasteiger partial charge on any atom is -0.371 e. The van der Waals surface area contributed by atoms with Gasteiger partial charge >= 0.3 is 0 Å². The molecule has 1 heterocycles. The molecule has 0 spiro atoms. The Hall–Kier alpha value is -1.84. The number of carbonyl (C=O) groups is 1. The van der Waals surface area contributed by atoms with Crippen LogP contribution < -0.4 is 5.32 Å². The smallest absolute Gasteiger partial charge is 0.251 e. The Bertz CT molecular complexity index is 639. The van der Waals surface area contributed by atoms with Gasteiger partial charge in [0, 0.05) is 17.1 Å². The molecule has 3 nitrogen and oxygen atoms in total. The zero-order valence-corrected chi connectivity index (χ0v) is 12.3. The van der Waals surface area contributed by atoms with Crippen LogP contribution in [-0.2, 0) is 11.2 Å². The van der Waals surface area contributed by atoms with E-state index in [0.717, 1.165) is 6.42 Å². The third-order valence-corrected chi connectivity index (χ3v) is 3.90. The molecule has 0 saturated heterocycles. The summed E-state index contributed by atoms with van der Waals surface area (Å²) in [4.78, 5) is 12.1. The third kappa shape index (κ3) is 3.26. The van der Waals surface area contributed by atoms with Gasteiger partial charge in [-0.05, 0) is 41.8 Å². The topological polar surface area (TPSA) is 38.3 Å². The fourth-order valence-electron chi connectivity index (χ4n) is 2.53. The van der Waals surface area contributed by atoms with E-state index < -0.39 is 0 Å². The summed E-state index contributed by atoms with van der Waals surface area (Å²) in [5.41, 5.74) is 3.07. The molecular weight excluding hydrogens is 286 g/mol. The van der Waals surface area contributed by atoms with Crippen LogP contribution in [0.25, 0.3) is 0 Å². The van der Waals surface area contributed by atoms with Crippen LogP contribution in [0.3, 0.4) is 0 Å². The molecule has 1 atom stereocenters. The Labute approximate surface area is 128 Å². The van der Waals surface area contributed by atoms with Crippen molar-refractivity contribution in [2.45, 2.75) is 12.5 Å². The van der Waals surface area contributed by atoms with Gasteiger partial charge in [-0.2, -0.15) is 0 Å². The predicted molar refractivity (Wildman–Crippen MR) is 82.6 cm³/mol. The maximum Gasteiger partial charge on any atom is 0.251 e. The van der Waals surface area contributed by atoms with Gasteiger partial charge in [0.05, 0.1) is 6.61 Å². The molecule has 21 heavy (non-hydrogen) atoms. The molecule has 0 saturated carbocycles. The summed E-state index contributed by atoms with van der Waals surface area (Å²) in [6, 6.07) is 15.1. The number of halogens is 1. The molecule has 4 heteroatoms. The zero-order valence-electron chi connectivity index (χ0n) is 11.5. The lowest BCUT2D eigenvalue weighted by Crippen LogP contribution is -2.31. The first kappa shape index (κ1) is 14.1. The van der Waals surface area contributed by atoms with Gasteiger partial charge in [-0.25, -0.2) is 0 Å². The van der Waals surface area contributed by atoms with Crippen molar-refractivity contribution in [1.29, 1.82) is 0 Å². The van der Waals surface area contributed by atoms with Gasteiger partial charge in [0.15, 0.2) is 0 Å². The van der Waals surface area contributed by atoms with Gasteiger partial charge in [0.2, 0.25) is 0 Å². The summed E-state index contributed by atoms with van der Waals surface area (Å²) in [5.74, 6) is -0.113. The summed E-state index contributed by atoms with van der Waals surface area (Å²) in [6.07, 6.45) is 0.851. The third-order valence-electron chi connectivity index (χ3n) is 3.65. The number of hydrogen-bond acceptors (Lipinski definition) is 2. The molecule has 0 fully saturated rings. The largest absolute Gasteiger partial charge is 0.371 e. The van der Waals surface area contributed by atoms with Gasteiger partial charge in [0.25, 0.3) is 5.91 Å². The monoisotopic (exact) mass is 301 g/mol. The van der Waals surface area contributed by atoms with Crippen LogP contribution in [0.5, 0.6) is 0 Å². The molecule has 0 bridgehead atoms. The minimum atomic E-state index is -0.113. The number of rotatable bonds is 3. The number of carbonyl (C=O) groups excluding carboxylic acids is 1. The Morgan fingerprint density at radius 1 is 1.19 bits per heavy atom. The van der Waals surface area contributed by atoms with Crippen molar-refractivity contribution < 1.29 is 9.53 Å². The molecule has 108 valence electrons.